The number of carbonyl (C=O) groups is 1. The Bertz CT molecular complexity index is 610. The molecule has 0 bridgehead atoms. The first-order chi connectivity index (χ1) is 10.3. The topological polar surface area (TPSA) is 35.5 Å². The van der Waals surface area contributed by atoms with Crippen molar-refractivity contribution in [3.8, 4) is 5.75 Å². The van der Waals surface area contributed by atoms with Gasteiger partial charge in [0, 0.05) is 0 Å². The molecule has 0 heterocycles. The first kappa shape index (κ1) is 15.7. The first-order valence-electron chi connectivity index (χ1n) is 7.11. The van der Waals surface area contributed by atoms with E-state index < -0.39 is 0 Å². The van der Waals surface area contributed by atoms with Crippen molar-refractivity contribution < 1.29 is 14.3 Å². The smallest absolute Gasteiger partial charge is 0.341 e. The molecule has 2 aromatic rings. The van der Waals surface area contributed by atoms with E-state index in [9.17, 15) is 4.79 Å². The normalized spacial score (nSPS) is 10.6. The number of rotatable bonds is 7. The molecular formula is C17H20O3S. The zero-order valence-electron chi connectivity index (χ0n) is 12.2. The Kier molecular flexibility index (Phi) is 5.93. The second kappa shape index (κ2) is 7.93. The molecule has 0 unspecified atom stereocenters. The van der Waals surface area contributed by atoms with E-state index >= 15 is 0 Å². The molecule has 21 heavy (non-hydrogen) atoms. The molecule has 0 radical (unpaired) electrons. The predicted molar refractivity (Wildman–Crippen MR) is 88.5 cm³/mol. The number of unbranched alkanes of at least 4 members (excludes halogenated alkanes) is 2. The Morgan fingerprint density at radius 1 is 1.10 bits per heavy atom. The molecule has 0 aromatic heterocycles. The Morgan fingerprint density at radius 2 is 1.81 bits per heavy atom. The molecule has 0 amide bonds. The summed E-state index contributed by atoms with van der Waals surface area (Å²) in [5, 5.41) is 2.05. The SMILES string of the molecule is COC(=O)c1cc2ccccc2cc1OCCCCCS. The number of hydrogen-bond acceptors (Lipinski definition) is 4. The Balaban J connectivity index is 2.20. The molecule has 2 rings (SSSR count). The molecule has 0 aliphatic carbocycles. The van der Waals surface area contributed by atoms with Gasteiger partial charge in [-0.2, -0.15) is 12.6 Å². The van der Waals surface area contributed by atoms with Gasteiger partial charge in [-0.25, -0.2) is 4.79 Å². The quantitative estimate of drug-likeness (QED) is 0.475. The Morgan fingerprint density at radius 3 is 2.48 bits per heavy atom. The van der Waals surface area contributed by atoms with Crippen molar-refractivity contribution in [1.82, 2.24) is 0 Å². The fourth-order valence-electron chi connectivity index (χ4n) is 2.18. The fraction of sp³-hybridized carbons (Fsp3) is 0.353. The zero-order chi connectivity index (χ0) is 15.1. The lowest BCUT2D eigenvalue weighted by Crippen LogP contribution is -2.07. The molecule has 0 aliphatic heterocycles. The predicted octanol–water partition coefficient (Wildman–Crippen LogP) is 4.11. The molecule has 0 N–H and O–H groups in total. The van der Waals surface area contributed by atoms with Gasteiger partial charge in [-0.1, -0.05) is 24.3 Å². The largest absolute Gasteiger partial charge is 0.493 e. The number of benzene rings is 2. The molecule has 3 nitrogen and oxygen atoms in total. The van der Waals surface area contributed by atoms with Crippen LogP contribution in [0.4, 0.5) is 0 Å². The molecule has 4 heteroatoms. The second-order valence-corrected chi connectivity index (χ2v) is 5.27. The van der Waals surface area contributed by atoms with Crippen LogP contribution in [0.3, 0.4) is 0 Å². The summed E-state index contributed by atoms with van der Waals surface area (Å²) in [6.07, 6.45) is 3.10. The maximum Gasteiger partial charge on any atom is 0.341 e. The average molecular weight is 304 g/mol. The Labute approximate surface area is 130 Å². The summed E-state index contributed by atoms with van der Waals surface area (Å²) in [5.74, 6) is 1.11. The lowest BCUT2D eigenvalue weighted by Gasteiger charge is -2.12. The number of ether oxygens (including phenoxy) is 2. The lowest BCUT2D eigenvalue weighted by molar-refractivity contribution is 0.0596. The monoisotopic (exact) mass is 304 g/mol. The minimum atomic E-state index is -0.369. The van der Waals surface area contributed by atoms with Crippen molar-refractivity contribution in [2.45, 2.75) is 19.3 Å². The van der Waals surface area contributed by atoms with Gasteiger partial charge in [-0.05, 0) is 47.9 Å². The minimum absolute atomic E-state index is 0.369. The van der Waals surface area contributed by atoms with Gasteiger partial charge in [-0.15, -0.1) is 0 Å². The number of esters is 1. The summed E-state index contributed by atoms with van der Waals surface area (Å²) >= 11 is 4.19. The molecule has 0 spiro atoms. The van der Waals surface area contributed by atoms with Crippen molar-refractivity contribution in [1.29, 1.82) is 0 Å². The van der Waals surface area contributed by atoms with E-state index in [0.717, 1.165) is 35.8 Å². The maximum atomic E-state index is 11.9. The third-order valence-electron chi connectivity index (χ3n) is 3.31. The number of methoxy groups -OCH3 is 1. The maximum absolute atomic E-state index is 11.9. The van der Waals surface area contributed by atoms with Gasteiger partial charge < -0.3 is 9.47 Å². The molecule has 2 aromatic carbocycles. The van der Waals surface area contributed by atoms with Gasteiger partial charge in [0.2, 0.25) is 0 Å². The summed E-state index contributed by atoms with van der Waals surface area (Å²) in [6.45, 7) is 0.593. The Hall–Kier alpha value is -1.68. The van der Waals surface area contributed by atoms with Crippen LogP contribution in [0.25, 0.3) is 10.8 Å². The molecule has 0 aliphatic rings. The standard InChI is InChI=1S/C17H20O3S/c1-19-17(18)15-11-13-7-3-4-8-14(13)12-16(15)20-9-5-2-6-10-21/h3-4,7-8,11-12,21H,2,5-6,9-10H2,1H3. The van der Waals surface area contributed by atoms with E-state index in [4.69, 9.17) is 9.47 Å². The van der Waals surface area contributed by atoms with Crippen LogP contribution in [0.2, 0.25) is 0 Å². The molecular weight excluding hydrogens is 284 g/mol. The van der Waals surface area contributed by atoms with Gasteiger partial charge in [0.15, 0.2) is 0 Å². The fourth-order valence-corrected chi connectivity index (χ4v) is 2.40. The highest BCUT2D eigenvalue weighted by Gasteiger charge is 2.14. The van der Waals surface area contributed by atoms with Crippen molar-refractivity contribution in [2.75, 3.05) is 19.5 Å². The van der Waals surface area contributed by atoms with E-state index in [-0.39, 0.29) is 5.97 Å². The number of thiol groups is 1. The molecule has 112 valence electrons. The highest BCUT2D eigenvalue weighted by molar-refractivity contribution is 7.80. The summed E-state index contributed by atoms with van der Waals surface area (Å²) in [5.41, 5.74) is 0.477. The average Bonchev–Trinajstić information content (AvgIpc) is 2.53. The van der Waals surface area contributed by atoms with Crippen LogP contribution >= 0.6 is 12.6 Å². The highest BCUT2D eigenvalue weighted by Crippen LogP contribution is 2.27. The van der Waals surface area contributed by atoms with Crippen LogP contribution in [-0.2, 0) is 4.74 Å². The number of fused-ring (bicyclic) bond motifs is 1. The van der Waals surface area contributed by atoms with E-state index in [0.29, 0.717) is 17.9 Å². The highest BCUT2D eigenvalue weighted by atomic mass is 32.1. The van der Waals surface area contributed by atoms with E-state index in [1.54, 1.807) is 0 Å². The van der Waals surface area contributed by atoms with Crippen LogP contribution in [0, 0.1) is 0 Å². The van der Waals surface area contributed by atoms with Crippen LogP contribution < -0.4 is 4.74 Å². The van der Waals surface area contributed by atoms with Crippen molar-refractivity contribution >= 4 is 29.4 Å². The van der Waals surface area contributed by atoms with E-state index in [1.165, 1.54) is 7.11 Å². The van der Waals surface area contributed by atoms with Crippen molar-refractivity contribution in [3.63, 3.8) is 0 Å². The van der Waals surface area contributed by atoms with Gasteiger partial charge in [0.05, 0.1) is 13.7 Å². The lowest BCUT2D eigenvalue weighted by atomic mass is 10.1. The second-order valence-electron chi connectivity index (χ2n) is 4.82. The molecule has 0 saturated heterocycles. The summed E-state index contributed by atoms with van der Waals surface area (Å²) < 4.78 is 10.6. The van der Waals surface area contributed by atoms with Crippen LogP contribution in [-0.4, -0.2) is 25.4 Å². The van der Waals surface area contributed by atoms with Crippen molar-refractivity contribution in [3.05, 3.63) is 42.0 Å². The van der Waals surface area contributed by atoms with E-state index in [1.807, 2.05) is 36.4 Å². The van der Waals surface area contributed by atoms with Gasteiger partial charge in [0.25, 0.3) is 0 Å². The molecule has 0 saturated carbocycles. The number of hydrogen-bond donors (Lipinski definition) is 1. The van der Waals surface area contributed by atoms with E-state index in [2.05, 4.69) is 12.6 Å². The third kappa shape index (κ3) is 4.14. The summed E-state index contributed by atoms with van der Waals surface area (Å²) in [6, 6.07) is 11.6. The summed E-state index contributed by atoms with van der Waals surface area (Å²) in [7, 11) is 1.38. The van der Waals surface area contributed by atoms with Crippen molar-refractivity contribution in [2.24, 2.45) is 0 Å². The van der Waals surface area contributed by atoms with Crippen LogP contribution in [0.15, 0.2) is 36.4 Å². The third-order valence-corrected chi connectivity index (χ3v) is 3.63. The van der Waals surface area contributed by atoms with Gasteiger partial charge in [-0.3, -0.25) is 0 Å². The number of carbonyl (C=O) groups excluding carboxylic acids is 1. The van der Waals surface area contributed by atoms with Gasteiger partial charge in [0.1, 0.15) is 11.3 Å². The summed E-state index contributed by atoms with van der Waals surface area (Å²) in [4.78, 5) is 11.9. The van der Waals surface area contributed by atoms with Gasteiger partial charge >= 0.3 is 5.97 Å². The van der Waals surface area contributed by atoms with Crippen LogP contribution in [0.5, 0.6) is 5.75 Å². The molecule has 0 fully saturated rings. The first-order valence-corrected chi connectivity index (χ1v) is 7.74. The molecule has 0 atom stereocenters. The minimum Gasteiger partial charge on any atom is -0.493 e. The van der Waals surface area contributed by atoms with Crippen LogP contribution in [0.1, 0.15) is 29.6 Å². The zero-order valence-corrected chi connectivity index (χ0v) is 13.1.